The van der Waals surface area contributed by atoms with Gasteiger partial charge in [-0.15, -0.1) is 11.8 Å². The third-order valence-electron chi connectivity index (χ3n) is 2.69. The van der Waals surface area contributed by atoms with Crippen molar-refractivity contribution in [3.8, 4) is 0 Å². The summed E-state index contributed by atoms with van der Waals surface area (Å²) in [5, 5.41) is 9.03. The van der Waals surface area contributed by atoms with Crippen molar-refractivity contribution in [3.05, 3.63) is 62.0 Å². The molecule has 0 saturated carbocycles. The number of aromatic carboxylic acids is 1. The van der Waals surface area contributed by atoms with E-state index in [4.69, 9.17) is 5.11 Å². The van der Waals surface area contributed by atoms with Gasteiger partial charge in [0.05, 0.1) is 10.0 Å². The van der Waals surface area contributed by atoms with Crippen molar-refractivity contribution in [3.63, 3.8) is 0 Å². The molecule has 0 aliphatic rings. The Morgan fingerprint density at radius 1 is 1.14 bits per heavy atom. The molecule has 0 aliphatic heterocycles. The molecule has 0 saturated heterocycles. The van der Waals surface area contributed by atoms with Crippen LogP contribution in [0.15, 0.2) is 44.2 Å². The van der Waals surface area contributed by atoms with E-state index in [1.165, 1.54) is 30.0 Å². The minimum absolute atomic E-state index is 0.0471. The van der Waals surface area contributed by atoms with Gasteiger partial charge in [0.15, 0.2) is 0 Å². The molecule has 0 fully saturated rings. The van der Waals surface area contributed by atoms with E-state index in [9.17, 15) is 13.6 Å². The molecule has 2 nitrogen and oxygen atoms in total. The summed E-state index contributed by atoms with van der Waals surface area (Å²) in [5.74, 6) is -2.27. The second-order valence-electron chi connectivity index (χ2n) is 4.06. The first-order valence-corrected chi connectivity index (χ1v) is 8.25. The van der Waals surface area contributed by atoms with E-state index in [1.807, 2.05) is 0 Å². The Labute approximate surface area is 140 Å². The molecule has 0 bridgehead atoms. The van der Waals surface area contributed by atoms with Crippen LogP contribution in [0.3, 0.4) is 0 Å². The van der Waals surface area contributed by atoms with Crippen LogP contribution >= 0.6 is 43.6 Å². The Hall–Kier alpha value is -0.920. The summed E-state index contributed by atoms with van der Waals surface area (Å²) in [5.41, 5.74) is 0.0596. The zero-order valence-electron chi connectivity index (χ0n) is 10.4. The molecule has 1 N–H and O–H groups in total. The second-order valence-corrected chi connectivity index (χ2v) is 6.81. The van der Waals surface area contributed by atoms with Gasteiger partial charge < -0.3 is 5.11 Å². The number of halogens is 4. The summed E-state index contributed by atoms with van der Waals surface area (Å²) in [6, 6.07) is 7.24. The molecule has 0 aliphatic carbocycles. The van der Waals surface area contributed by atoms with Crippen molar-refractivity contribution < 1.29 is 18.7 Å². The second kappa shape index (κ2) is 6.89. The fourth-order valence-corrected chi connectivity index (χ4v) is 3.34. The smallest absolute Gasteiger partial charge is 0.336 e. The van der Waals surface area contributed by atoms with Crippen LogP contribution in [-0.4, -0.2) is 11.1 Å². The number of rotatable bonds is 4. The van der Waals surface area contributed by atoms with Crippen LogP contribution in [0.1, 0.15) is 15.9 Å². The van der Waals surface area contributed by atoms with Gasteiger partial charge in [-0.3, -0.25) is 0 Å². The van der Waals surface area contributed by atoms with Gasteiger partial charge in [-0.1, -0.05) is 0 Å². The van der Waals surface area contributed by atoms with Crippen molar-refractivity contribution in [2.75, 3.05) is 0 Å². The average Bonchev–Trinajstić information content (AvgIpc) is 2.44. The summed E-state index contributed by atoms with van der Waals surface area (Å²) >= 11 is 7.32. The first-order chi connectivity index (χ1) is 9.90. The van der Waals surface area contributed by atoms with Crippen molar-refractivity contribution in [2.24, 2.45) is 0 Å². The maximum Gasteiger partial charge on any atom is 0.336 e. The Kier molecular flexibility index (Phi) is 5.40. The molecular weight excluding hydrogens is 430 g/mol. The Bertz CT molecular complexity index is 708. The van der Waals surface area contributed by atoms with Gasteiger partial charge in [-0.2, -0.15) is 0 Å². The molecule has 0 amide bonds. The Morgan fingerprint density at radius 3 is 2.48 bits per heavy atom. The molecule has 2 aromatic rings. The first kappa shape index (κ1) is 16.5. The Balaban J connectivity index is 2.23. The minimum atomic E-state index is -1.07. The van der Waals surface area contributed by atoms with Gasteiger partial charge in [-0.05, 0) is 62.2 Å². The summed E-state index contributed by atoms with van der Waals surface area (Å²) < 4.78 is 28.1. The zero-order chi connectivity index (χ0) is 15.6. The van der Waals surface area contributed by atoms with Crippen LogP contribution < -0.4 is 0 Å². The monoisotopic (exact) mass is 436 g/mol. The predicted molar refractivity (Wildman–Crippen MR) is 84.7 cm³/mol. The van der Waals surface area contributed by atoms with E-state index in [1.54, 1.807) is 12.1 Å². The van der Waals surface area contributed by atoms with E-state index in [0.717, 1.165) is 0 Å². The van der Waals surface area contributed by atoms with Crippen molar-refractivity contribution in [1.82, 2.24) is 0 Å². The summed E-state index contributed by atoms with van der Waals surface area (Å²) in [6.45, 7) is 0. The lowest BCUT2D eigenvalue weighted by Crippen LogP contribution is -1.98. The lowest BCUT2D eigenvalue weighted by Gasteiger charge is -2.08. The molecular formula is C14H8Br2F2O2S. The van der Waals surface area contributed by atoms with Gasteiger partial charge in [0, 0.05) is 20.7 Å². The molecule has 0 spiro atoms. The highest BCUT2D eigenvalue weighted by Crippen LogP contribution is 2.30. The summed E-state index contributed by atoms with van der Waals surface area (Å²) in [6.07, 6.45) is 0. The zero-order valence-corrected chi connectivity index (χ0v) is 14.4. The number of carboxylic acid groups (broad SMARTS) is 1. The molecule has 0 unspecified atom stereocenters. The molecule has 0 radical (unpaired) electrons. The summed E-state index contributed by atoms with van der Waals surface area (Å²) in [7, 11) is 0. The molecule has 0 aromatic heterocycles. The number of carbonyl (C=O) groups is 1. The highest BCUT2D eigenvalue weighted by molar-refractivity contribution is 9.10. The van der Waals surface area contributed by atoms with Crippen LogP contribution in [0.25, 0.3) is 0 Å². The average molecular weight is 438 g/mol. The van der Waals surface area contributed by atoms with Gasteiger partial charge in [0.1, 0.15) is 11.6 Å². The largest absolute Gasteiger partial charge is 0.478 e. The molecule has 0 atom stereocenters. The molecule has 2 rings (SSSR count). The quantitative estimate of drug-likeness (QED) is 0.508. The topological polar surface area (TPSA) is 37.3 Å². The van der Waals surface area contributed by atoms with Gasteiger partial charge in [0.2, 0.25) is 0 Å². The first-order valence-electron chi connectivity index (χ1n) is 5.68. The SMILES string of the molecule is O=C(O)c1cc(SCc2c(F)ccc(Br)c2F)ccc1Br. The maximum absolute atomic E-state index is 13.8. The third-order valence-corrected chi connectivity index (χ3v) is 5.01. The van der Waals surface area contributed by atoms with E-state index in [2.05, 4.69) is 31.9 Å². The summed E-state index contributed by atoms with van der Waals surface area (Å²) in [4.78, 5) is 11.7. The lowest BCUT2D eigenvalue weighted by molar-refractivity contribution is 0.0695. The number of hydrogen-bond acceptors (Lipinski definition) is 2. The minimum Gasteiger partial charge on any atom is -0.478 e. The van der Waals surface area contributed by atoms with Crippen molar-refractivity contribution in [1.29, 1.82) is 0 Å². The van der Waals surface area contributed by atoms with Crippen LogP contribution in [0, 0.1) is 11.6 Å². The van der Waals surface area contributed by atoms with E-state index in [0.29, 0.717) is 9.37 Å². The number of benzene rings is 2. The number of carboxylic acids is 1. The van der Waals surface area contributed by atoms with Gasteiger partial charge in [0.25, 0.3) is 0 Å². The van der Waals surface area contributed by atoms with Crippen molar-refractivity contribution in [2.45, 2.75) is 10.6 Å². The molecule has 7 heteroatoms. The third kappa shape index (κ3) is 3.84. The van der Waals surface area contributed by atoms with Crippen LogP contribution in [-0.2, 0) is 5.75 Å². The maximum atomic E-state index is 13.8. The lowest BCUT2D eigenvalue weighted by atomic mass is 10.2. The highest BCUT2D eigenvalue weighted by atomic mass is 79.9. The van der Waals surface area contributed by atoms with Crippen molar-refractivity contribution >= 4 is 49.6 Å². The van der Waals surface area contributed by atoms with E-state index >= 15 is 0 Å². The molecule has 2 aromatic carbocycles. The Morgan fingerprint density at radius 2 is 1.81 bits per heavy atom. The standard InChI is InChI=1S/C14H8Br2F2O2S/c15-10-2-1-7(5-8(10)14(19)20)21-6-9-12(17)4-3-11(16)13(9)18/h1-5H,6H2,(H,19,20). The normalized spacial score (nSPS) is 10.7. The fourth-order valence-electron chi connectivity index (χ4n) is 1.61. The van der Waals surface area contributed by atoms with E-state index < -0.39 is 17.6 Å². The molecule has 110 valence electrons. The van der Waals surface area contributed by atoms with Gasteiger partial charge in [-0.25, -0.2) is 13.6 Å². The van der Waals surface area contributed by atoms with Crippen LogP contribution in [0.2, 0.25) is 0 Å². The van der Waals surface area contributed by atoms with Gasteiger partial charge >= 0.3 is 5.97 Å². The van der Waals surface area contributed by atoms with Crippen LogP contribution in [0.5, 0.6) is 0 Å². The fraction of sp³-hybridized carbons (Fsp3) is 0.0714. The number of thioether (sulfide) groups is 1. The van der Waals surface area contributed by atoms with Crippen LogP contribution in [0.4, 0.5) is 8.78 Å². The molecule has 0 heterocycles. The van der Waals surface area contributed by atoms with E-state index in [-0.39, 0.29) is 21.4 Å². The predicted octanol–water partition coefficient (Wildman–Crippen LogP) is 5.48. The number of hydrogen-bond donors (Lipinski definition) is 1. The highest BCUT2D eigenvalue weighted by Gasteiger charge is 2.14. The molecule has 21 heavy (non-hydrogen) atoms.